The molecule has 0 N–H and O–H groups in total. The zero-order valence-corrected chi connectivity index (χ0v) is 14.6. The van der Waals surface area contributed by atoms with Gasteiger partial charge < -0.3 is 4.57 Å². The minimum Gasteiger partial charge on any atom is -0.319 e. The number of aromatic nitrogens is 3. The Morgan fingerprint density at radius 2 is 1.76 bits per heavy atom. The highest BCUT2D eigenvalue weighted by atomic mass is 32.2. The van der Waals surface area contributed by atoms with Crippen LogP contribution < -0.4 is 5.56 Å². The molecular formula is C20H17N3OS. The van der Waals surface area contributed by atoms with Crippen molar-refractivity contribution in [3.05, 3.63) is 88.8 Å². The number of thioether (sulfide) groups is 1. The van der Waals surface area contributed by atoms with Crippen LogP contribution in [0.5, 0.6) is 0 Å². The van der Waals surface area contributed by atoms with E-state index < -0.39 is 0 Å². The zero-order chi connectivity index (χ0) is 17.2. The van der Waals surface area contributed by atoms with E-state index >= 15 is 0 Å². The Morgan fingerprint density at radius 3 is 2.56 bits per heavy atom. The van der Waals surface area contributed by atoms with E-state index in [4.69, 9.17) is 4.98 Å². The molecule has 0 saturated heterocycles. The van der Waals surface area contributed by atoms with Crippen molar-refractivity contribution in [1.29, 1.82) is 0 Å². The molecule has 0 bridgehead atoms. The third-order valence-corrected chi connectivity index (χ3v) is 5.09. The first-order valence-corrected chi connectivity index (χ1v) is 9.02. The lowest BCUT2D eigenvalue weighted by molar-refractivity contribution is 0.855. The summed E-state index contributed by atoms with van der Waals surface area (Å²) in [5, 5.41) is 0.924. The first-order chi connectivity index (χ1) is 12.2. The number of para-hydroxylation sites is 3. The van der Waals surface area contributed by atoms with Crippen LogP contribution in [0.2, 0.25) is 0 Å². The Hall–Kier alpha value is -2.79. The second kappa shape index (κ2) is 6.61. The summed E-state index contributed by atoms with van der Waals surface area (Å²) >= 11 is 1.64. The summed E-state index contributed by atoms with van der Waals surface area (Å²) < 4.78 is 3.74. The van der Waals surface area contributed by atoms with Gasteiger partial charge in [0.25, 0.3) is 5.56 Å². The summed E-state index contributed by atoms with van der Waals surface area (Å²) in [7, 11) is 1.76. The van der Waals surface area contributed by atoms with Gasteiger partial charge in [-0.1, -0.05) is 42.1 Å². The number of aryl methyl sites for hydroxylation is 1. The van der Waals surface area contributed by atoms with Crippen molar-refractivity contribution in [3.63, 3.8) is 0 Å². The molecule has 0 amide bonds. The van der Waals surface area contributed by atoms with Crippen LogP contribution in [0.3, 0.4) is 0 Å². The number of hydrogen-bond acceptors (Lipinski definition) is 3. The lowest BCUT2D eigenvalue weighted by atomic mass is 10.3. The van der Waals surface area contributed by atoms with Gasteiger partial charge in [-0.3, -0.25) is 9.36 Å². The van der Waals surface area contributed by atoms with Crippen LogP contribution in [-0.4, -0.2) is 14.1 Å². The van der Waals surface area contributed by atoms with E-state index in [-0.39, 0.29) is 5.56 Å². The minimum atomic E-state index is 0.00895. The van der Waals surface area contributed by atoms with Crippen molar-refractivity contribution >= 4 is 22.8 Å². The molecule has 2 heterocycles. The van der Waals surface area contributed by atoms with Gasteiger partial charge >= 0.3 is 0 Å². The first kappa shape index (κ1) is 15.7. The average molecular weight is 347 g/mol. The number of imidazole rings is 1. The van der Waals surface area contributed by atoms with E-state index in [2.05, 4.69) is 22.8 Å². The molecule has 25 heavy (non-hydrogen) atoms. The van der Waals surface area contributed by atoms with Gasteiger partial charge in [-0.15, -0.1) is 0 Å². The molecule has 0 aliphatic rings. The summed E-state index contributed by atoms with van der Waals surface area (Å²) in [6.45, 7) is 0. The van der Waals surface area contributed by atoms with Gasteiger partial charge in [0.05, 0.1) is 11.0 Å². The summed E-state index contributed by atoms with van der Waals surface area (Å²) in [6.07, 6.45) is 1.80. The Morgan fingerprint density at radius 1 is 1.00 bits per heavy atom. The molecule has 4 aromatic rings. The van der Waals surface area contributed by atoms with E-state index in [0.717, 1.165) is 27.4 Å². The minimum absolute atomic E-state index is 0.00895. The highest BCUT2D eigenvalue weighted by Gasteiger charge is 2.12. The molecule has 0 aliphatic heterocycles. The summed E-state index contributed by atoms with van der Waals surface area (Å²) in [5.74, 6) is 0.701. The largest absolute Gasteiger partial charge is 0.319 e. The predicted molar refractivity (Wildman–Crippen MR) is 102 cm³/mol. The molecule has 2 aromatic heterocycles. The highest BCUT2D eigenvalue weighted by molar-refractivity contribution is 7.98. The number of pyridine rings is 1. The summed E-state index contributed by atoms with van der Waals surface area (Å²) in [5.41, 5.74) is 4.15. The van der Waals surface area contributed by atoms with E-state index in [1.54, 1.807) is 35.6 Å². The molecule has 0 radical (unpaired) electrons. The number of fused-ring (bicyclic) bond motifs is 1. The molecule has 5 heteroatoms. The number of hydrogen-bond donors (Lipinski definition) is 0. The third kappa shape index (κ3) is 3.10. The fourth-order valence-corrected chi connectivity index (χ4v) is 3.73. The molecular weight excluding hydrogens is 330 g/mol. The van der Waals surface area contributed by atoms with E-state index in [1.165, 1.54) is 0 Å². The van der Waals surface area contributed by atoms with Crippen molar-refractivity contribution < 1.29 is 0 Å². The van der Waals surface area contributed by atoms with Crippen LogP contribution in [0.25, 0.3) is 16.7 Å². The zero-order valence-electron chi connectivity index (χ0n) is 13.8. The molecule has 0 atom stereocenters. The van der Waals surface area contributed by atoms with Crippen molar-refractivity contribution in [2.24, 2.45) is 7.05 Å². The van der Waals surface area contributed by atoms with E-state index in [0.29, 0.717) is 5.75 Å². The van der Waals surface area contributed by atoms with Crippen molar-refractivity contribution in [3.8, 4) is 5.69 Å². The fourth-order valence-electron chi connectivity index (χ4n) is 2.75. The second-order valence-electron chi connectivity index (χ2n) is 5.83. The van der Waals surface area contributed by atoms with Crippen LogP contribution in [0.1, 0.15) is 5.56 Å². The quantitative estimate of drug-likeness (QED) is 0.524. The standard InChI is InChI=1S/C20H17N3OS/c1-22-12-11-15(13-19(22)24)14-25-20-21-17-9-5-6-10-18(17)23(20)16-7-3-2-4-8-16/h2-13H,14H2,1H3. The van der Waals surface area contributed by atoms with Crippen molar-refractivity contribution in [2.45, 2.75) is 10.9 Å². The normalized spacial score (nSPS) is 11.1. The van der Waals surface area contributed by atoms with Crippen LogP contribution in [0.4, 0.5) is 0 Å². The van der Waals surface area contributed by atoms with Crippen LogP contribution in [0.15, 0.2) is 82.9 Å². The van der Waals surface area contributed by atoms with Crippen LogP contribution in [0, 0.1) is 0 Å². The average Bonchev–Trinajstić information content (AvgIpc) is 3.02. The Kier molecular flexibility index (Phi) is 4.15. The molecule has 0 unspecified atom stereocenters. The lowest BCUT2D eigenvalue weighted by Gasteiger charge is -2.09. The molecule has 0 fully saturated rings. The molecule has 4 rings (SSSR count). The van der Waals surface area contributed by atoms with Gasteiger partial charge in [0.15, 0.2) is 5.16 Å². The molecule has 0 aliphatic carbocycles. The monoisotopic (exact) mass is 347 g/mol. The maximum absolute atomic E-state index is 11.8. The Balaban J connectivity index is 1.74. The Labute approximate surface area is 149 Å². The number of nitrogens with zero attached hydrogens (tertiary/aromatic N) is 3. The maximum Gasteiger partial charge on any atom is 0.250 e. The molecule has 2 aromatic carbocycles. The van der Waals surface area contributed by atoms with Gasteiger partial charge in [-0.25, -0.2) is 4.98 Å². The second-order valence-corrected chi connectivity index (χ2v) is 6.77. The molecule has 4 nitrogen and oxygen atoms in total. The highest BCUT2D eigenvalue weighted by Crippen LogP contribution is 2.29. The van der Waals surface area contributed by atoms with E-state index in [1.807, 2.05) is 42.5 Å². The van der Waals surface area contributed by atoms with Gasteiger partial charge in [0.2, 0.25) is 0 Å². The van der Waals surface area contributed by atoms with Crippen molar-refractivity contribution in [2.75, 3.05) is 0 Å². The molecule has 0 spiro atoms. The van der Waals surface area contributed by atoms with Gasteiger partial charge in [-0.2, -0.15) is 0 Å². The maximum atomic E-state index is 11.8. The Bertz CT molecular complexity index is 1080. The van der Waals surface area contributed by atoms with Gasteiger partial charge in [0.1, 0.15) is 0 Å². The van der Waals surface area contributed by atoms with E-state index in [9.17, 15) is 4.79 Å². The lowest BCUT2D eigenvalue weighted by Crippen LogP contribution is -2.14. The summed E-state index contributed by atoms with van der Waals surface area (Å²) in [6, 6.07) is 22.0. The summed E-state index contributed by atoms with van der Waals surface area (Å²) in [4.78, 5) is 16.6. The van der Waals surface area contributed by atoms with Crippen LogP contribution in [-0.2, 0) is 12.8 Å². The SMILES string of the molecule is Cn1ccc(CSc2nc3ccccc3n2-c2ccccc2)cc1=O. The third-order valence-electron chi connectivity index (χ3n) is 4.08. The number of rotatable bonds is 4. The topological polar surface area (TPSA) is 39.8 Å². The van der Waals surface area contributed by atoms with Gasteiger partial charge in [-0.05, 0) is 35.9 Å². The molecule has 124 valence electrons. The van der Waals surface area contributed by atoms with Crippen LogP contribution >= 0.6 is 11.8 Å². The number of benzene rings is 2. The predicted octanol–water partition coefficient (Wildman–Crippen LogP) is 4.02. The molecule has 0 saturated carbocycles. The smallest absolute Gasteiger partial charge is 0.250 e. The van der Waals surface area contributed by atoms with Gasteiger partial charge in [0, 0.05) is 30.8 Å². The van der Waals surface area contributed by atoms with Crippen molar-refractivity contribution in [1.82, 2.24) is 14.1 Å². The first-order valence-electron chi connectivity index (χ1n) is 8.03. The fraction of sp³-hybridized carbons (Fsp3) is 0.100.